The third-order valence-corrected chi connectivity index (χ3v) is 3.80. The van der Waals surface area contributed by atoms with Gasteiger partial charge in [-0.05, 0) is 13.5 Å². The number of rotatable bonds is 6. The van der Waals surface area contributed by atoms with Crippen LogP contribution >= 0.6 is 11.3 Å². The van der Waals surface area contributed by atoms with Gasteiger partial charge in [0.15, 0.2) is 0 Å². The van der Waals surface area contributed by atoms with Crippen LogP contribution in [-0.4, -0.2) is 32.3 Å². The first-order valence-electron chi connectivity index (χ1n) is 6.16. The number of aryl methyl sites for hydroxylation is 2. The van der Waals surface area contributed by atoms with E-state index in [-0.39, 0.29) is 0 Å². The highest BCUT2D eigenvalue weighted by molar-refractivity contribution is 7.09. The van der Waals surface area contributed by atoms with Crippen molar-refractivity contribution in [1.82, 2.24) is 25.1 Å². The van der Waals surface area contributed by atoms with Crippen molar-refractivity contribution in [3.63, 3.8) is 0 Å². The second kappa shape index (κ2) is 6.06. The van der Waals surface area contributed by atoms with Gasteiger partial charge in [0.05, 0.1) is 5.01 Å². The average Bonchev–Trinajstić information content (AvgIpc) is 2.90. The predicted octanol–water partition coefficient (Wildman–Crippen LogP) is 1.34. The van der Waals surface area contributed by atoms with Crippen molar-refractivity contribution in [3.05, 3.63) is 28.2 Å². The Hall–Kier alpha value is -1.27. The summed E-state index contributed by atoms with van der Waals surface area (Å²) in [6.07, 6.45) is 3.42. The Balaban J connectivity index is 2.02. The van der Waals surface area contributed by atoms with Gasteiger partial charge in [-0.25, -0.2) is 9.97 Å². The van der Waals surface area contributed by atoms with Crippen molar-refractivity contribution in [2.45, 2.75) is 32.7 Å². The quantitative estimate of drug-likeness (QED) is 0.856. The minimum atomic E-state index is 0.364. The van der Waals surface area contributed by atoms with Crippen molar-refractivity contribution in [2.75, 3.05) is 6.54 Å². The SMILES string of the molecule is CCNC(Cc1nc(C)cs1)Cc1ncnn1C. The summed E-state index contributed by atoms with van der Waals surface area (Å²) in [6.45, 7) is 5.11. The largest absolute Gasteiger partial charge is 0.313 e. The molecule has 0 saturated heterocycles. The molecule has 0 bridgehead atoms. The minimum Gasteiger partial charge on any atom is -0.313 e. The molecule has 2 rings (SSSR count). The maximum Gasteiger partial charge on any atom is 0.138 e. The summed E-state index contributed by atoms with van der Waals surface area (Å²) in [4.78, 5) is 8.80. The molecular formula is C12H19N5S. The first kappa shape index (κ1) is 13.2. The van der Waals surface area contributed by atoms with E-state index in [0.717, 1.165) is 30.9 Å². The van der Waals surface area contributed by atoms with Crippen LogP contribution in [0.4, 0.5) is 0 Å². The van der Waals surface area contributed by atoms with Gasteiger partial charge in [0.1, 0.15) is 12.2 Å². The highest BCUT2D eigenvalue weighted by atomic mass is 32.1. The lowest BCUT2D eigenvalue weighted by molar-refractivity contribution is 0.498. The zero-order valence-electron chi connectivity index (χ0n) is 11.1. The van der Waals surface area contributed by atoms with Gasteiger partial charge in [0, 0.05) is 37.0 Å². The fourth-order valence-corrected chi connectivity index (χ4v) is 2.79. The zero-order valence-corrected chi connectivity index (χ0v) is 11.9. The van der Waals surface area contributed by atoms with E-state index in [9.17, 15) is 0 Å². The first-order valence-corrected chi connectivity index (χ1v) is 7.04. The minimum absolute atomic E-state index is 0.364. The zero-order chi connectivity index (χ0) is 13.0. The lowest BCUT2D eigenvalue weighted by Gasteiger charge is -2.15. The van der Waals surface area contributed by atoms with Crippen molar-refractivity contribution < 1.29 is 0 Å². The number of likely N-dealkylation sites (N-methyl/N-ethyl adjacent to an activating group) is 1. The van der Waals surface area contributed by atoms with Gasteiger partial charge >= 0.3 is 0 Å². The van der Waals surface area contributed by atoms with Gasteiger partial charge in [-0.2, -0.15) is 5.10 Å². The second-order valence-electron chi connectivity index (χ2n) is 4.35. The molecule has 0 saturated carbocycles. The van der Waals surface area contributed by atoms with Crippen LogP contribution < -0.4 is 5.32 Å². The molecule has 5 nitrogen and oxygen atoms in total. The molecule has 0 amide bonds. The summed E-state index contributed by atoms with van der Waals surface area (Å²) in [7, 11) is 1.93. The Morgan fingerprint density at radius 1 is 1.44 bits per heavy atom. The number of hydrogen-bond acceptors (Lipinski definition) is 5. The topological polar surface area (TPSA) is 55.6 Å². The maximum absolute atomic E-state index is 4.52. The summed E-state index contributed by atoms with van der Waals surface area (Å²) >= 11 is 1.73. The standard InChI is InChI=1S/C12H19N5S/c1-4-13-10(5-11-14-8-15-17(11)3)6-12-16-9(2)7-18-12/h7-8,10,13H,4-6H2,1-3H3. The summed E-state index contributed by atoms with van der Waals surface area (Å²) in [5.74, 6) is 1.01. The molecule has 0 aromatic carbocycles. The normalized spacial score (nSPS) is 12.8. The van der Waals surface area contributed by atoms with E-state index in [2.05, 4.69) is 32.7 Å². The highest BCUT2D eigenvalue weighted by Crippen LogP contribution is 2.12. The van der Waals surface area contributed by atoms with Gasteiger partial charge < -0.3 is 5.32 Å². The van der Waals surface area contributed by atoms with E-state index < -0.39 is 0 Å². The average molecular weight is 265 g/mol. The summed E-state index contributed by atoms with van der Waals surface area (Å²) in [6, 6.07) is 0.364. The fourth-order valence-electron chi connectivity index (χ4n) is 1.94. The second-order valence-corrected chi connectivity index (χ2v) is 5.29. The maximum atomic E-state index is 4.52. The number of nitrogens with zero attached hydrogens (tertiary/aromatic N) is 4. The van der Waals surface area contributed by atoms with E-state index in [1.807, 2.05) is 18.7 Å². The summed E-state index contributed by atoms with van der Waals surface area (Å²) in [5.41, 5.74) is 1.10. The lowest BCUT2D eigenvalue weighted by Crippen LogP contribution is -2.34. The Bertz CT molecular complexity index is 490. The van der Waals surface area contributed by atoms with Crippen molar-refractivity contribution in [3.8, 4) is 0 Å². The van der Waals surface area contributed by atoms with Crippen LogP contribution in [0.2, 0.25) is 0 Å². The molecular weight excluding hydrogens is 246 g/mol. The molecule has 2 heterocycles. The van der Waals surface area contributed by atoms with Gasteiger partial charge in [-0.1, -0.05) is 6.92 Å². The van der Waals surface area contributed by atoms with Crippen LogP contribution in [0.3, 0.4) is 0 Å². The molecule has 0 aliphatic heterocycles. The predicted molar refractivity (Wildman–Crippen MR) is 72.7 cm³/mol. The molecule has 0 aliphatic rings. The van der Waals surface area contributed by atoms with E-state index in [4.69, 9.17) is 0 Å². The first-order chi connectivity index (χ1) is 8.69. The van der Waals surface area contributed by atoms with Crippen LogP contribution in [-0.2, 0) is 19.9 Å². The molecule has 0 spiro atoms. The van der Waals surface area contributed by atoms with E-state index >= 15 is 0 Å². The van der Waals surface area contributed by atoms with Gasteiger partial charge in [-0.15, -0.1) is 11.3 Å². The lowest BCUT2D eigenvalue weighted by atomic mass is 10.1. The summed E-state index contributed by atoms with van der Waals surface area (Å²) in [5, 5.41) is 10.9. The Labute approximate surface area is 111 Å². The Morgan fingerprint density at radius 3 is 2.83 bits per heavy atom. The van der Waals surface area contributed by atoms with Crippen LogP contribution in [0.5, 0.6) is 0 Å². The van der Waals surface area contributed by atoms with E-state index in [1.165, 1.54) is 5.01 Å². The van der Waals surface area contributed by atoms with Crippen LogP contribution in [0.1, 0.15) is 23.4 Å². The van der Waals surface area contributed by atoms with Crippen LogP contribution in [0, 0.1) is 6.92 Å². The van der Waals surface area contributed by atoms with Crippen LogP contribution in [0.15, 0.2) is 11.7 Å². The molecule has 2 aromatic rings. The van der Waals surface area contributed by atoms with Crippen molar-refractivity contribution in [1.29, 1.82) is 0 Å². The van der Waals surface area contributed by atoms with Gasteiger partial charge in [0.25, 0.3) is 0 Å². The third-order valence-electron chi connectivity index (χ3n) is 2.81. The molecule has 0 aliphatic carbocycles. The number of hydrogen-bond donors (Lipinski definition) is 1. The molecule has 98 valence electrons. The Kier molecular flexibility index (Phi) is 4.43. The Morgan fingerprint density at radius 2 is 2.28 bits per heavy atom. The van der Waals surface area contributed by atoms with Crippen LogP contribution in [0.25, 0.3) is 0 Å². The molecule has 6 heteroatoms. The highest BCUT2D eigenvalue weighted by Gasteiger charge is 2.14. The number of aromatic nitrogens is 4. The molecule has 2 aromatic heterocycles. The van der Waals surface area contributed by atoms with Gasteiger partial charge in [0.2, 0.25) is 0 Å². The molecule has 18 heavy (non-hydrogen) atoms. The van der Waals surface area contributed by atoms with Gasteiger partial charge in [-0.3, -0.25) is 4.68 Å². The number of thiazole rings is 1. The molecule has 1 N–H and O–H groups in total. The van der Waals surface area contributed by atoms with Crippen molar-refractivity contribution >= 4 is 11.3 Å². The van der Waals surface area contributed by atoms with E-state index in [0.29, 0.717) is 6.04 Å². The molecule has 1 atom stereocenters. The number of nitrogens with one attached hydrogen (secondary N) is 1. The van der Waals surface area contributed by atoms with E-state index in [1.54, 1.807) is 17.7 Å². The summed E-state index contributed by atoms with van der Waals surface area (Å²) < 4.78 is 1.83. The fraction of sp³-hybridized carbons (Fsp3) is 0.583. The monoisotopic (exact) mass is 265 g/mol. The van der Waals surface area contributed by atoms with Crippen molar-refractivity contribution in [2.24, 2.45) is 7.05 Å². The molecule has 0 fully saturated rings. The molecule has 1 unspecified atom stereocenters. The smallest absolute Gasteiger partial charge is 0.138 e. The molecule has 0 radical (unpaired) electrons. The third kappa shape index (κ3) is 3.36.